The highest BCUT2D eigenvalue weighted by Crippen LogP contribution is 2.34. The van der Waals surface area contributed by atoms with Crippen LogP contribution in [0.15, 0.2) is 84.5 Å². The molecule has 4 aromatic rings. The molecule has 0 N–H and O–H groups in total. The zero-order chi connectivity index (χ0) is 26.3. The lowest BCUT2D eigenvalue weighted by Crippen LogP contribution is -2.39. The molecule has 188 valence electrons. The molecule has 3 heterocycles. The highest BCUT2D eigenvalue weighted by atomic mass is 79.9. The van der Waals surface area contributed by atoms with Crippen molar-refractivity contribution in [3.05, 3.63) is 111 Å². The summed E-state index contributed by atoms with van der Waals surface area (Å²) in [5, 5.41) is 0.918. The van der Waals surface area contributed by atoms with Crippen LogP contribution in [0.1, 0.15) is 31.2 Å². The molecule has 0 bridgehead atoms. The van der Waals surface area contributed by atoms with Crippen molar-refractivity contribution in [2.75, 3.05) is 6.61 Å². The Morgan fingerprint density at radius 3 is 2.65 bits per heavy atom. The molecule has 0 saturated carbocycles. The molecule has 0 aliphatic carbocycles. The van der Waals surface area contributed by atoms with Gasteiger partial charge in [-0.1, -0.05) is 68.7 Å². The SMILES string of the molecule is CCOC(=O)C1=C(C)N=c2s/c(=C\c3ccc(Cl)cc3Cl)c(=O)n2[C@H]1c1ccc(-c2ccc(Br)cc2)o1. The molecule has 0 spiro atoms. The van der Waals surface area contributed by atoms with Crippen molar-refractivity contribution in [1.29, 1.82) is 0 Å². The summed E-state index contributed by atoms with van der Waals surface area (Å²) in [7, 11) is 0. The Morgan fingerprint density at radius 2 is 1.95 bits per heavy atom. The van der Waals surface area contributed by atoms with Gasteiger partial charge in [0.1, 0.15) is 17.6 Å². The van der Waals surface area contributed by atoms with Gasteiger partial charge in [0.2, 0.25) is 0 Å². The summed E-state index contributed by atoms with van der Waals surface area (Å²) in [5.74, 6) is 0.480. The number of ether oxygens (including phenoxy) is 1. The molecule has 6 nitrogen and oxygen atoms in total. The number of aromatic nitrogens is 1. The Hall–Kier alpha value is -2.91. The van der Waals surface area contributed by atoms with E-state index in [4.69, 9.17) is 32.4 Å². The number of nitrogens with zero attached hydrogens (tertiary/aromatic N) is 2. The summed E-state index contributed by atoms with van der Waals surface area (Å²) >= 11 is 17.0. The van der Waals surface area contributed by atoms with Crippen molar-refractivity contribution in [1.82, 2.24) is 4.57 Å². The van der Waals surface area contributed by atoms with Gasteiger partial charge in [0, 0.05) is 20.1 Å². The van der Waals surface area contributed by atoms with Crippen LogP contribution >= 0.6 is 50.5 Å². The van der Waals surface area contributed by atoms with E-state index in [0.29, 0.717) is 42.2 Å². The summed E-state index contributed by atoms with van der Waals surface area (Å²) in [4.78, 5) is 31.8. The van der Waals surface area contributed by atoms with E-state index < -0.39 is 12.0 Å². The second-order valence-corrected chi connectivity index (χ2v) is 10.9. The first-order chi connectivity index (χ1) is 17.8. The average molecular weight is 618 g/mol. The van der Waals surface area contributed by atoms with Gasteiger partial charge < -0.3 is 9.15 Å². The highest BCUT2D eigenvalue weighted by Gasteiger charge is 2.35. The molecule has 1 aliphatic heterocycles. The fraction of sp³-hybridized carbons (Fsp3) is 0.148. The summed E-state index contributed by atoms with van der Waals surface area (Å²) in [5.41, 5.74) is 1.89. The Morgan fingerprint density at radius 1 is 1.19 bits per heavy atom. The van der Waals surface area contributed by atoms with Crippen molar-refractivity contribution in [3.63, 3.8) is 0 Å². The zero-order valence-electron chi connectivity index (χ0n) is 19.6. The van der Waals surface area contributed by atoms with Crippen LogP contribution in [0.5, 0.6) is 0 Å². The van der Waals surface area contributed by atoms with Crippen LogP contribution in [-0.4, -0.2) is 17.1 Å². The molecule has 1 atom stereocenters. The fourth-order valence-electron chi connectivity index (χ4n) is 4.09. The fourth-order valence-corrected chi connectivity index (χ4v) is 5.85. The smallest absolute Gasteiger partial charge is 0.338 e. The number of hydrogen-bond donors (Lipinski definition) is 0. The number of furan rings is 1. The van der Waals surface area contributed by atoms with Crippen LogP contribution in [0, 0.1) is 0 Å². The number of carbonyl (C=O) groups excluding carboxylic acids is 1. The van der Waals surface area contributed by atoms with E-state index in [9.17, 15) is 9.59 Å². The number of fused-ring (bicyclic) bond motifs is 1. The largest absolute Gasteiger partial charge is 0.463 e. The maximum absolute atomic E-state index is 13.7. The quantitative estimate of drug-likeness (QED) is 0.253. The van der Waals surface area contributed by atoms with Crippen LogP contribution in [0.25, 0.3) is 17.4 Å². The lowest BCUT2D eigenvalue weighted by atomic mass is 10.0. The van der Waals surface area contributed by atoms with Gasteiger partial charge >= 0.3 is 5.97 Å². The Balaban J connectivity index is 1.69. The predicted octanol–water partition coefficient (Wildman–Crippen LogP) is 6.13. The normalized spacial score (nSPS) is 15.5. The second kappa shape index (κ2) is 10.5. The standard InChI is InChI=1S/C27H19BrCl2N2O4S/c1-3-35-26(34)23-14(2)31-27-32(25(33)22(37-27)12-16-6-9-18(29)13-19(16)30)24(23)21-11-10-20(36-21)15-4-7-17(28)8-5-15/h4-13,24H,3H2,1-2H3/b22-12-/t24-/m0/s1. The molecule has 0 amide bonds. The third-order valence-electron chi connectivity index (χ3n) is 5.79. The van der Waals surface area contributed by atoms with Gasteiger partial charge in [-0.25, -0.2) is 9.79 Å². The third kappa shape index (κ3) is 4.99. The van der Waals surface area contributed by atoms with Crippen molar-refractivity contribution >= 4 is 62.5 Å². The van der Waals surface area contributed by atoms with E-state index in [0.717, 1.165) is 10.0 Å². The van der Waals surface area contributed by atoms with E-state index in [-0.39, 0.29) is 17.7 Å². The second-order valence-electron chi connectivity index (χ2n) is 8.18. The van der Waals surface area contributed by atoms with Gasteiger partial charge in [-0.15, -0.1) is 0 Å². The first-order valence-electron chi connectivity index (χ1n) is 11.3. The van der Waals surface area contributed by atoms with Gasteiger partial charge in [0.15, 0.2) is 4.80 Å². The van der Waals surface area contributed by atoms with Crippen molar-refractivity contribution in [2.45, 2.75) is 19.9 Å². The van der Waals surface area contributed by atoms with Crippen molar-refractivity contribution in [3.8, 4) is 11.3 Å². The van der Waals surface area contributed by atoms with Gasteiger partial charge in [0.05, 0.1) is 22.4 Å². The molecule has 0 radical (unpaired) electrons. The van der Waals surface area contributed by atoms with Gasteiger partial charge in [0.25, 0.3) is 5.56 Å². The number of allylic oxidation sites excluding steroid dienone is 1. The molecule has 0 unspecified atom stereocenters. The maximum Gasteiger partial charge on any atom is 0.338 e. The number of benzene rings is 2. The molecule has 5 rings (SSSR count). The summed E-state index contributed by atoms with van der Waals surface area (Å²) < 4.78 is 14.4. The molecular formula is C27H19BrCl2N2O4S. The minimum absolute atomic E-state index is 0.185. The average Bonchev–Trinajstić information content (AvgIpc) is 3.46. The highest BCUT2D eigenvalue weighted by molar-refractivity contribution is 9.10. The van der Waals surface area contributed by atoms with Crippen LogP contribution < -0.4 is 14.9 Å². The minimum Gasteiger partial charge on any atom is -0.463 e. The number of halogens is 3. The zero-order valence-corrected chi connectivity index (χ0v) is 23.5. The lowest BCUT2D eigenvalue weighted by molar-refractivity contribution is -0.139. The minimum atomic E-state index is -0.845. The van der Waals surface area contributed by atoms with Crippen LogP contribution in [0.3, 0.4) is 0 Å². The third-order valence-corrected chi connectivity index (χ3v) is 7.87. The van der Waals surface area contributed by atoms with E-state index in [1.165, 1.54) is 15.9 Å². The molecule has 37 heavy (non-hydrogen) atoms. The summed E-state index contributed by atoms with van der Waals surface area (Å²) in [6.07, 6.45) is 1.69. The predicted molar refractivity (Wildman–Crippen MR) is 149 cm³/mol. The topological polar surface area (TPSA) is 73.8 Å². The van der Waals surface area contributed by atoms with Crippen molar-refractivity contribution in [2.24, 2.45) is 4.99 Å². The Bertz CT molecular complexity index is 1730. The lowest BCUT2D eigenvalue weighted by Gasteiger charge is -2.22. The van der Waals surface area contributed by atoms with E-state index in [2.05, 4.69) is 20.9 Å². The van der Waals surface area contributed by atoms with E-state index in [1.807, 2.05) is 30.3 Å². The van der Waals surface area contributed by atoms with Crippen LogP contribution in [-0.2, 0) is 9.53 Å². The first kappa shape index (κ1) is 25.7. The monoisotopic (exact) mass is 616 g/mol. The van der Waals surface area contributed by atoms with Gasteiger partial charge in [-0.3, -0.25) is 9.36 Å². The maximum atomic E-state index is 13.7. The number of esters is 1. The molecule has 1 aliphatic rings. The summed E-state index contributed by atoms with van der Waals surface area (Å²) in [6.45, 7) is 3.64. The molecule has 10 heteroatoms. The van der Waals surface area contributed by atoms with Crippen molar-refractivity contribution < 1.29 is 13.9 Å². The molecule has 2 aromatic carbocycles. The number of rotatable bonds is 5. The van der Waals surface area contributed by atoms with Crippen LogP contribution in [0.2, 0.25) is 10.0 Å². The Kier molecular flexibility index (Phi) is 7.27. The first-order valence-corrected chi connectivity index (χ1v) is 13.6. The molecule has 0 fully saturated rings. The number of thiazole rings is 1. The van der Waals surface area contributed by atoms with E-state index >= 15 is 0 Å². The molecular weight excluding hydrogens is 599 g/mol. The Labute approximate surface area is 234 Å². The molecule has 2 aromatic heterocycles. The van der Waals surface area contributed by atoms with Crippen LogP contribution in [0.4, 0.5) is 0 Å². The summed E-state index contributed by atoms with van der Waals surface area (Å²) in [6, 6.07) is 15.5. The number of hydrogen-bond acceptors (Lipinski definition) is 6. The molecule has 0 saturated heterocycles. The van der Waals surface area contributed by atoms with E-state index in [1.54, 1.807) is 44.2 Å². The van der Waals surface area contributed by atoms with Gasteiger partial charge in [-0.05, 0) is 61.9 Å². The van der Waals surface area contributed by atoms with Gasteiger partial charge in [-0.2, -0.15) is 0 Å². The number of carbonyl (C=O) groups is 1.